The number of esters is 1. The van der Waals surface area contributed by atoms with Crippen LogP contribution in [-0.4, -0.2) is 23.2 Å². The van der Waals surface area contributed by atoms with Gasteiger partial charge in [0.25, 0.3) is 5.56 Å². The lowest BCUT2D eigenvalue weighted by atomic mass is 9.96. The SMILES string of the molecule is CCOc1cc(C=c2sc3n(c2=O)C(c2ccccc2)C(C(=O)OC(C)C)=C(C)N=3)ccc1OCc1ccccc1Cl. The Morgan fingerprint density at radius 1 is 1.05 bits per heavy atom. The standard InChI is InChI=1S/C33H31ClN2O5S/c1-5-39-27-17-22(15-16-26(27)40-19-24-13-9-10-14-25(24)34)18-28-31(37)36-30(23-11-7-6-8-12-23)29(32(38)41-20(2)3)21(4)35-33(36)42-28/h6-18,20,30H,5,19H2,1-4H3. The molecular formula is C33H31ClN2O5S. The van der Waals surface area contributed by atoms with Gasteiger partial charge in [-0.15, -0.1) is 0 Å². The molecule has 7 nitrogen and oxygen atoms in total. The topological polar surface area (TPSA) is 79.1 Å². The van der Waals surface area contributed by atoms with E-state index in [1.165, 1.54) is 11.3 Å². The summed E-state index contributed by atoms with van der Waals surface area (Å²) in [5.41, 5.74) is 3.07. The van der Waals surface area contributed by atoms with Crippen molar-refractivity contribution in [2.24, 2.45) is 4.99 Å². The summed E-state index contributed by atoms with van der Waals surface area (Å²) in [7, 11) is 0. The summed E-state index contributed by atoms with van der Waals surface area (Å²) < 4.78 is 19.5. The number of ether oxygens (including phenoxy) is 3. The molecule has 0 saturated carbocycles. The molecule has 2 heterocycles. The van der Waals surface area contributed by atoms with Gasteiger partial charge < -0.3 is 14.2 Å². The number of benzene rings is 3. The van der Waals surface area contributed by atoms with Crippen LogP contribution in [0.25, 0.3) is 6.08 Å². The zero-order valence-corrected chi connectivity index (χ0v) is 25.4. The number of thiazole rings is 1. The number of carbonyl (C=O) groups excluding carboxylic acids is 1. The number of allylic oxidation sites excluding steroid dienone is 1. The monoisotopic (exact) mass is 602 g/mol. The Balaban J connectivity index is 1.55. The van der Waals surface area contributed by atoms with Crippen molar-refractivity contribution in [1.82, 2.24) is 4.57 Å². The predicted octanol–water partition coefficient (Wildman–Crippen LogP) is 5.82. The van der Waals surface area contributed by atoms with Crippen LogP contribution in [0.15, 0.2) is 93.9 Å². The maximum atomic E-state index is 13.9. The molecule has 1 aliphatic heterocycles. The summed E-state index contributed by atoms with van der Waals surface area (Å²) in [6.45, 7) is 8.00. The molecule has 1 atom stereocenters. The molecule has 9 heteroatoms. The molecule has 0 N–H and O–H groups in total. The van der Waals surface area contributed by atoms with E-state index in [0.717, 1.165) is 16.7 Å². The van der Waals surface area contributed by atoms with E-state index in [1.807, 2.05) is 79.7 Å². The predicted molar refractivity (Wildman–Crippen MR) is 165 cm³/mol. The Hall–Kier alpha value is -4.14. The molecule has 3 aromatic carbocycles. The average molecular weight is 603 g/mol. The Morgan fingerprint density at radius 3 is 2.50 bits per heavy atom. The van der Waals surface area contributed by atoms with Crippen molar-refractivity contribution in [3.63, 3.8) is 0 Å². The van der Waals surface area contributed by atoms with Crippen LogP contribution in [0.3, 0.4) is 0 Å². The summed E-state index contributed by atoms with van der Waals surface area (Å²) in [5, 5.41) is 0.632. The van der Waals surface area contributed by atoms with Gasteiger partial charge in [-0.3, -0.25) is 9.36 Å². The summed E-state index contributed by atoms with van der Waals surface area (Å²) in [5.74, 6) is 0.648. The second-order valence-electron chi connectivity index (χ2n) is 9.97. The molecule has 1 aliphatic rings. The van der Waals surface area contributed by atoms with E-state index in [4.69, 9.17) is 25.8 Å². The number of carbonyl (C=O) groups is 1. The first kappa shape index (κ1) is 29.4. The van der Waals surface area contributed by atoms with Crippen molar-refractivity contribution in [3.05, 3.63) is 125 Å². The second-order valence-corrected chi connectivity index (χ2v) is 11.4. The van der Waals surface area contributed by atoms with Crippen LogP contribution in [0.4, 0.5) is 0 Å². The number of hydrogen-bond donors (Lipinski definition) is 0. The van der Waals surface area contributed by atoms with Gasteiger partial charge in [-0.05, 0) is 63.1 Å². The Bertz CT molecular complexity index is 1830. The highest BCUT2D eigenvalue weighted by Gasteiger charge is 2.33. The van der Waals surface area contributed by atoms with Crippen LogP contribution in [0, 0.1) is 0 Å². The minimum Gasteiger partial charge on any atom is -0.490 e. The molecule has 1 aromatic heterocycles. The smallest absolute Gasteiger partial charge is 0.338 e. The molecule has 0 amide bonds. The normalized spacial score (nSPS) is 14.9. The Morgan fingerprint density at radius 2 is 1.79 bits per heavy atom. The maximum Gasteiger partial charge on any atom is 0.338 e. The molecule has 5 rings (SSSR count). The van der Waals surface area contributed by atoms with Gasteiger partial charge in [-0.2, -0.15) is 0 Å². The lowest BCUT2D eigenvalue weighted by molar-refractivity contribution is -0.143. The van der Waals surface area contributed by atoms with Gasteiger partial charge in [-0.25, -0.2) is 9.79 Å². The Kier molecular flexibility index (Phi) is 8.94. The quantitative estimate of drug-likeness (QED) is 0.226. The first-order chi connectivity index (χ1) is 20.3. The molecule has 1 unspecified atom stereocenters. The first-order valence-corrected chi connectivity index (χ1v) is 14.9. The average Bonchev–Trinajstić information content (AvgIpc) is 3.26. The lowest BCUT2D eigenvalue weighted by Gasteiger charge is -2.25. The van der Waals surface area contributed by atoms with E-state index in [9.17, 15) is 9.59 Å². The lowest BCUT2D eigenvalue weighted by Crippen LogP contribution is -2.40. The highest BCUT2D eigenvalue weighted by atomic mass is 35.5. The third-order valence-corrected chi connectivity index (χ3v) is 7.96. The molecule has 0 saturated heterocycles. The molecule has 0 fully saturated rings. The molecule has 216 valence electrons. The second kappa shape index (κ2) is 12.8. The van der Waals surface area contributed by atoms with Crippen molar-refractivity contribution in [1.29, 1.82) is 0 Å². The van der Waals surface area contributed by atoms with Gasteiger partial charge in [0.2, 0.25) is 0 Å². The van der Waals surface area contributed by atoms with E-state index < -0.39 is 12.0 Å². The van der Waals surface area contributed by atoms with Gasteiger partial charge in [0.1, 0.15) is 6.61 Å². The van der Waals surface area contributed by atoms with Crippen LogP contribution in [0.5, 0.6) is 11.5 Å². The zero-order chi connectivity index (χ0) is 29.8. The van der Waals surface area contributed by atoms with Crippen molar-refractivity contribution in [3.8, 4) is 11.5 Å². The highest BCUT2D eigenvalue weighted by Crippen LogP contribution is 2.32. The van der Waals surface area contributed by atoms with Gasteiger partial charge in [0.15, 0.2) is 16.3 Å². The number of fused-ring (bicyclic) bond motifs is 1. The minimum absolute atomic E-state index is 0.244. The molecule has 0 aliphatic carbocycles. The van der Waals surface area contributed by atoms with Gasteiger partial charge in [0, 0.05) is 10.6 Å². The van der Waals surface area contributed by atoms with Gasteiger partial charge >= 0.3 is 5.97 Å². The van der Waals surface area contributed by atoms with Crippen LogP contribution in [0.1, 0.15) is 50.4 Å². The van der Waals surface area contributed by atoms with Crippen molar-refractivity contribution >= 4 is 35.0 Å². The van der Waals surface area contributed by atoms with Crippen LogP contribution < -0.4 is 24.4 Å². The molecule has 4 aromatic rings. The fourth-order valence-corrected chi connectivity index (χ4v) is 5.97. The van der Waals surface area contributed by atoms with Crippen LogP contribution in [0.2, 0.25) is 5.02 Å². The number of halogens is 1. The fourth-order valence-electron chi connectivity index (χ4n) is 4.74. The summed E-state index contributed by atoms with van der Waals surface area (Å²) in [6, 6.07) is 21.9. The van der Waals surface area contributed by atoms with E-state index in [1.54, 1.807) is 31.4 Å². The maximum absolute atomic E-state index is 13.9. The Labute approximate surface area is 253 Å². The summed E-state index contributed by atoms with van der Waals surface area (Å²) >= 11 is 7.56. The number of hydrogen-bond acceptors (Lipinski definition) is 7. The van der Waals surface area contributed by atoms with E-state index in [0.29, 0.717) is 43.7 Å². The molecular weight excluding hydrogens is 572 g/mol. The minimum atomic E-state index is -0.657. The molecule has 0 bridgehead atoms. The summed E-state index contributed by atoms with van der Waals surface area (Å²) in [4.78, 5) is 32.3. The van der Waals surface area contributed by atoms with Crippen molar-refractivity contribution in [2.45, 2.75) is 46.4 Å². The number of nitrogens with zero attached hydrogens (tertiary/aromatic N) is 2. The van der Waals surface area contributed by atoms with E-state index >= 15 is 0 Å². The van der Waals surface area contributed by atoms with Crippen molar-refractivity contribution < 1.29 is 19.0 Å². The third-order valence-electron chi connectivity index (χ3n) is 6.61. The van der Waals surface area contributed by atoms with E-state index in [2.05, 4.69) is 4.99 Å². The fraction of sp³-hybridized carbons (Fsp3) is 0.242. The van der Waals surface area contributed by atoms with E-state index in [-0.39, 0.29) is 18.3 Å². The molecule has 0 spiro atoms. The zero-order valence-electron chi connectivity index (χ0n) is 23.8. The molecule has 42 heavy (non-hydrogen) atoms. The first-order valence-electron chi connectivity index (χ1n) is 13.7. The number of aromatic nitrogens is 1. The largest absolute Gasteiger partial charge is 0.490 e. The summed E-state index contributed by atoms with van der Waals surface area (Å²) in [6.07, 6.45) is 1.49. The van der Waals surface area contributed by atoms with Crippen molar-refractivity contribution in [2.75, 3.05) is 6.61 Å². The third kappa shape index (κ3) is 6.20. The van der Waals surface area contributed by atoms with Gasteiger partial charge in [-0.1, -0.05) is 77.5 Å². The van der Waals surface area contributed by atoms with Crippen LogP contribution >= 0.6 is 22.9 Å². The van der Waals surface area contributed by atoms with Crippen LogP contribution in [-0.2, 0) is 16.1 Å². The highest BCUT2D eigenvalue weighted by molar-refractivity contribution is 7.07. The molecule has 0 radical (unpaired) electrons. The van der Waals surface area contributed by atoms with Gasteiger partial charge in [0.05, 0.1) is 34.6 Å². The number of rotatable bonds is 9.